The van der Waals surface area contributed by atoms with Gasteiger partial charge in [-0.1, -0.05) is 37.3 Å². The van der Waals surface area contributed by atoms with Crippen molar-refractivity contribution in [3.63, 3.8) is 0 Å². The number of nitrogens with zero attached hydrogens (tertiary/aromatic N) is 2. The predicted molar refractivity (Wildman–Crippen MR) is 116 cm³/mol. The Morgan fingerprint density at radius 1 is 1.03 bits per heavy atom. The van der Waals surface area contributed by atoms with Gasteiger partial charge in [0.2, 0.25) is 0 Å². The Labute approximate surface area is 176 Å². The first kappa shape index (κ1) is 20.1. The van der Waals surface area contributed by atoms with E-state index in [4.69, 9.17) is 5.73 Å². The lowest BCUT2D eigenvalue weighted by molar-refractivity contribution is 0.535. The minimum absolute atomic E-state index is 0.119. The lowest BCUT2D eigenvalue weighted by Gasteiger charge is -2.17. The van der Waals surface area contributed by atoms with E-state index in [1.54, 1.807) is 36.7 Å². The molecule has 0 saturated heterocycles. The lowest BCUT2D eigenvalue weighted by atomic mass is 9.91. The summed E-state index contributed by atoms with van der Waals surface area (Å²) in [5.41, 5.74) is 11.3. The number of rotatable bonds is 5. The molecule has 2 N–H and O–H groups in total. The number of anilines is 1. The predicted octanol–water partition coefficient (Wildman–Crippen LogP) is 4.55. The van der Waals surface area contributed by atoms with Gasteiger partial charge in [-0.3, -0.25) is 14.2 Å². The summed E-state index contributed by atoms with van der Waals surface area (Å²) < 4.78 is 35.9. The van der Waals surface area contributed by atoms with E-state index in [0.29, 0.717) is 16.9 Å². The van der Waals surface area contributed by atoms with Gasteiger partial charge in [-0.2, -0.15) is 0 Å². The van der Waals surface area contributed by atoms with Gasteiger partial charge in [-0.15, -0.1) is 0 Å². The van der Waals surface area contributed by atoms with Gasteiger partial charge in [0.25, 0.3) is 0 Å². The summed E-state index contributed by atoms with van der Waals surface area (Å²) in [7, 11) is 0. The summed E-state index contributed by atoms with van der Waals surface area (Å²) in [6, 6.07) is 15.9. The molecule has 0 aliphatic rings. The fourth-order valence-corrected chi connectivity index (χ4v) is 3.96. The van der Waals surface area contributed by atoms with E-state index in [2.05, 4.69) is 9.97 Å². The molecular formula is C23H19FN3O2S-. The highest BCUT2D eigenvalue weighted by Crippen LogP contribution is 2.35. The van der Waals surface area contributed by atoms with Crippen LogP contribution in [0.2, 0.25) is 0 Å². The fraction of sp³-hybridized carbons (Fsp3) is 0.130. The van der Waals surface area contributed by atoms with Gasteiger partial charge in [-0.05, 0) is 46.5 Å². The van der Waals surface area contributed by atoms with Crippen molar-refractivity contribution in [1.29, 1.82) is 0 Å². The molecule has 0 saturated carbocycles. The van der Waals surface area contributed by atoms with Crippen molar-refractivity contribution in [3.05, 3.63) is 89.6 Å². The maximum atomic E-state index is 14.3. The molecule has 0 aliphatic heterocycles. The van der Waals surface area contributed by atoms with E-state index < -0.39 is 11.1 Å². The lowest BCUT2D eigenvalue weighted by Crippen LogP contribution is -2.05. The molecule has 0 fully saturated rings. The van der Waals surface area contributed by atoms with Gasteiger partial charge in [0.15, 0.2) is 0 Å². The summed E-state index contributed by atoms with van der Waals surface area (Å²) in [5, 5.41) is 0.776. The number of hydrogen-bond acceptors (Lipinski definition) is 5. The van der Waals surface area contributed by atoms with Gasteiger partial charge in [0, 0.05) is 40.5 Å². The molecule has 0 radical (unpaired) electrons. The monoisotopic (exact) mass is 420 g/mol. The molecule has 0 amide bonds. The van der Waals surface area contributed by atoms with Crippen molar-refractivity contribution >= 4 is 27.7 Å². The smallest absolute Gasteiger partial charge is 0.127 e. The Bertz CT molecular complexity index is 1250. The number of aromatic nitrogens is 2. The molecule has 4 aromatic rings. The summed E-state index contributed by atoms with van der Waals surface area (Å²) in [5.74, 6) is -0.643. The normalized spacial score (nSPS) is 13.3. The van der Waals surface area contributed by atoms with Gasteiger partial charge in [0.05, 0.1) is 17.0 Å². The zero-order valence-electron chi connectivity index (χ0n) is 16.2. The van der Waals surface area contributed by atoms with Crippen LogP contribution < -0.4 is 5.73 Å². The van der Waals surface area contributed by atoms with Crippen molar-refractivity contribution in [1.82, 2.24) is 9.97 Å². The number of hydrogen-bond donors (Lipinski definition) is 1. The van der Waals surface area contributed by atoms with Gasteiger partial charge in [0.1, 0.15) is 5.82 Å². The molecule has 4 rings (SSSR count). The molecule has 0 bridgehead atoms. The highest BCUT2D eigenvalue weighted by atomic mass is 32.2. The van der Waals surface area contributed by atoms with Gasteiger partial charge < -0.3 is 10.3 Å². The fourth-order valence-electron chi connectivity index (χ4n) is 3.55. The Hall–Kier alpha value is -3.16. The molecule has 152 valence electrons. The molecule has 2 aromatic heterocycles. The minimum Gasteiger partial charge on any atom is -0.772 e. The van der Waals surface area contributed by atoms with Gasteiger partial charge in [-0.25, -0.2) is 4.39 Å². The summed E-state index contributed by atoms with van der Waals surface area (Å²) in [4.78, 5) is 8.72. The van der Waals surface area contributed by atoms with Crippen molar-refractivity contribution in [2.75, 3.05) is 5.73 Å². The van der Waals surface area contributed by atoms with Crippen LogP contribution in [0, 0.1) is 5.82 Å². The van der Waals surface area contributed by atoms with Crippen LogP contribution in [-0.2, 0) is 16.8 Å². The average molecular weight is 420 g/mol. The molecule has 30 heavy (non-hydrogen) atoms. The van der Waals surface area contributed by atoms with E-state index in [-0.39, 0.29) is 17.5 Å². The zero-order chi connectivity index (χ0) is 21.3. The number of nitrogen functional groups attached to an aromatic ring is 1. The van der Waals surface area contributed by atoms with Crippen LogP contribution in [0.4, 0.5) is 10.1 Å². The van der Waals surface area contributed by atoms with E-state index in [1.807, 2.05) is 31.2 Å². The number of pyridine rings is 2. The highest BCUT2D eigenvalue weighted by Gasteiger charge is 2.17. The van der Waals surface area contributed by atoms with Crippen LogP contribution in [0.3, 0.4) is 0 Å². The molecule has 2 heterocycles. The molecule has 2 aromatic carbocycles. The van der Waals surface area contributed by atoms with Crippen LogP contribution in [0.15, 0.2) is 67.0 Å². The molecule has 0 spiro atoms. The van der Waals surface area contributed by atoms with E-state index >= 15 is 0 Å². The first-order valence-corrected chi connectivity index (χ1v) is 10.6. The highest BCUT2D eigenvalue weighted by molar-refractivity contribution is 7.78. The summed E-state index contributed by atoms with van der Waals surface area (Å²) in [6.45, 7) is 1.91. The van der Waals surface area contributed by atoms with E-state index in [0.717, 1.165) is 27.6 Å². The van der Waals surface area contributed by atoms with Crippen molar-refractivity contribution in [2.24, 2.45) is 0 Å². The third-order valence-corrected chi connectivity index (χ3v) is 5.73. The summed E-state index contributed by atoms with van der Waals surface area (Å²) >= 11 is -2.18. The average Bonchev–Trinajstić information content (AvgIpc) is 2.74. The second-order valence-electron chi connectivity index (χ2n) is 7.09. The second kappa shape index (κ2) is 8.30. The third kappa shape index (κ3) is 3.94. The first-order chi connectivity index (χ1) is 14.4. The van der Waals surface area contributed by atoms with E-state index in [9.17, 15) is 13.2 Å². The van der Waals surface area contributed by atoms with Crippen molar-refractivity contribution < 1.29 is 13.2 Å². The Morgan fingerprint density at radius 3 is 2.50 bits per heavy atom. The first-order valence-electron chi connectivity index (χ1n) is 9.37. The molecule has 0 aliphatic carbocycles. The maximum Gasteiger partial charge on any atom is 0.127 e. The number of fused-ring (bicyclic) bond motifs is 1. The van der Waals surface area contributed by atoms with Gasteiger partial charge >= 0.3 is 0 Å². The summed E-state index contributed by atoms with van der Waals surface area (Å²) in [6.07, 6.45) is 3.34. The van der Waals surface area contributed by atoms with Crippen molar-refractivity contribution in [3.8, 4) is 11.1 Å². The number of benzene rings is 2. The van der Waals surface area contributed by atoms with Crippen LogP contribution in [0.5, 0.6) is 0 Å². The van der Waals surface area contributed by atoms with Crippen molar-refractivity contribution in [2.45, 2.75) is 18.6 Å². The topological polar surface area (TPSA) is 91.9 Å². The van der Waals surface area contributed by atoms with Crippen LogP contribution in [0.1, 0.15) is 29.7 Å². The zero-order valence-corrected chi connectivity index (χ0v) is 17.0. The number of nitrogens with two attached hydrogens (primary N) is 1. The van der Waals surface area contributed by atoms with E-state index in [1.165, 1.54) is 6.07 Å². The Balaban J connectivity index is 1.74. The van der Waals surface area contributed by atoms with Crippen LogP contribution in [0.25, 0.3) is 22.0 Å². The Kier molecular flexibility index (Phi) is 5.57. The Morgan fingerprint density at radius 2 is 1.80 bits per heavy atom. The quantitative estimate of drug-likeness (QED) is 0.478. The van der Waals surface area contributed by atoms with Crippen LogP contribution in [-0.4, -0.2) is 18.7 Å². The third-order valence-electron chi connectivity index (χ3n) is 5.20. The SMILES string of the molecule is CC(c1ccccc1F)c1cnc2ccc(-c3ccc(CS(=O)[O-])nc3)cc2c1N. The minimum atomic E-state index is -2.18. The second-order valence-corrected chi connectivity index (χ2v) is 7.98. The molecule has 7 heteroatoms. The molecule has 2 atom stereocenters. The maximum absolute atomic E-state index is 14.3. The number of halogens is 1. The molecular weight excluding hydrogens is 401 g/mol. The molecule has 2 unspecified atom stereocenters. The molecule has 5 nitrogen and oxygen atoms in total. The largest absolute Gasteiger partial charge is 0.772 e. The van der Waals surface area contributed by atoms with Crippen LogP contribution >= 0.6 is 0 Å². The standard InChI is InChI=1S/C23H20FN3O2S/c1-14(18-4-2-3-5-21(18)24)20-12-27-22-9-7-15(10-19(22)23(20)25)16-6-8-17(26-11-16)13-30(28)29/h2-12,14H,13H2,1H3,(H2,25,27)(H,28,29)/p-1.